The maximum atomic E-state index is 11.9. The van der Waals surface area contributed by atoms with Crippen LogP contribution < -0.4 is 5.32 Å². The van der Waals surface area contributed by atoms with E-state index in [-0.39, 0.29) is 5.91 Å². The van der Waals surface area contributed by atoms with E-state index in [0.29, 0.717) is 23.7 Å². The van der Waals surface area contributed by atoms with Gasteiger partial charge >= 0.3 is 0 Å². The van der Waals surface area contributed by atoms with E-state index in [2.05, 4.69) is 30.1 Å². The molecule has 0 saturated carbocycles. The van der Waals surface area contributed by atoms with Gasteiger partial charge in [-0.25, -0.2) is 0 Å². The van der Waals surface area contributed by atoms with Crippen LogP contribution in [-0.4, -0.2) is 30.4 Å². The number of anilines is 1. The average Bonchev–Trinajstić information content (AvgIpc) is 2.37. The summed E-state index contributed by atoms with van der Waals surface area (Å²) in [4.78, 5) is 14.0. The van der Waals surface area contributed by atoms with Crippen LogP contribution in [0.4, 0.5) is 5.69 Å². The van der Waals surface area contributed by atoms with Crippen LogP contribution in [-0.2, 0) is 4.79 Å². The zero-order valence-corrected chi connectivity index (χ0v) is 11.8. The molecule has 1 rings (SSSR count). The molecule has 1 aromatic carbocycles. The van der Waals surface area contributed by atoms with Gasteiger partial charge in [-0.1, -0.05) is 26.8 Å². The third-order valence-corrected chi connectivity index (χ3v) is 2.71. The molecule has 1 N–H and O–H groups in total. The molecule has 19 heavy (non-hydrogen) atoms. The summed E-state index contributed by atoms with van der Waals surface area (Å²) in [6, 6.07) is 9.00. The number of hydrogen-bond acceptors (Lipinski definition) is 3. The number of nitriles is 1. The predicted molar refractivity (Wildman–Crippen MR) is 76.7 cm³/mol. The largest absolute Gasteiger partial charge is 0.325 e. The molecule has 0 aliphatic heterocycles. The third kappa shape index (κ3) is 5.54. The number of nitrogens with zero attached hydrogens (tertiary/aromatic N) is 2. The van der Waals surface area contributed by atoms with Gasteiger partial charge in [0.2, 0.25) is 5.91 Å². The number of rotatable bonds is 6. The van der Waals surface area contributed by atoms with Crippen molar-refractivity contribution in [2.75, 3.05) is 25.0 Å². The minimum absolute atomic E-state index is 0.0439. The Morgan fingerprint density at radius 1 is 1.47 bits per heavy atom. The Morgan fingerprint density at radius 3 is 2.79 bits per heavy atom. The molecule has 0 unspecified atom stereocenters. The van der Waals surface area contributed by atoms with Crippen LogP contribution in [0.1, 0.15) is 26.3 Å². The molecule has 0 saturated heterocycles. The van der Waals surface area contributed by atoms with E-state index in [0.717, 1.165) is 13.1 Å². The molecule has 0 aliphatic carbocycles. The lowest BCUT2D eigenvalue weighted by molar-refractivity contribution is -0.117. The highest BCUT2D eigenvalue weighted by molar-refractivity contribution is 5.92. The fourth-order valence-electron chi connectivity index (χ4n) is 1.89. The van der Waals surface area contributed by atoms with Crippen LogP contribution in [0.5, 0.6) is 0 Å². The van der Waals surface area contributed by atoms with Crippen LogP contribution >= 0.6 is 0 Å². The number of amides is 1. The first kappa shape index (κ1) is 15.2. The fraction of sp³-hybridized carbons (Fsp3) is 0.467. The second-order valence-corrected chi connectivity index (χ2v) is 4.96. The van der Waals surface area contributed by atoms with Crippen molar-refractivity contribution >= 4 is 11.6 Å². The summed E-state index contributed by atoms with van der Waals surface area (Å²) in [5.41, 5.74) is 1.22. The molecule has 4 nitrogen and oxygen atoms in total. The Balaban J connectivity index is 2.56. The number of hydrogen-bond donors (Lipinski definition) is 1. The summed E-state index contributed by atoms with van der Waals surface area (Å²) >= 11 is 0. The SMILES string of the molecule is CCN(CC(=O)Nc1cccc(C#N)c1)CC(C)C. The zero-order chi connectivity index (χ0) is 14.3. The predicted octanol–water partition coefficient (Wildman–Crippen LogP) is 2.47. The van der Waals surface area contributed by atoms with Crippen molar-refractivity contribution in [2.24, 2.45) is 5.92 Å². The van der Waals surface area contributed by atoms with Crippen LogP contribution in [0.3, 0.4) is 0 Å². The summed E-state index contributed by atoms with van der Waals surface area (Å²) in [6.45, 7) is 8.46. The quantitative estimate of drug-likeness (QED) is 0.854. The highest BCUT2D eigenvalue weighted by Gasteiger charge is 2.10. The maximum Gasteiger partial charge on any atom is 0.238 e. The molecule has 0 atom stereocenters. The first-order valence-corrected chi connectivity index (χ1v) is 6.57. The van der Waals surface area contributed by atoms with Crippen molar-refractivity contribution in [3.05, 3.63) is 29.8 Å². The van der Waals surface area contributed by atoms with Crippen LogP contribution in [0.25, 0.3) is 0 Å². The molecule has 102 valence electrons. The Kier molecular flexibility index (Phi) is 6.04. The molecule has 0 aliphatic rings. The topological polar surface area (TPSA) is 56.1 Å². The molecular formula is C15H21N3O. The summed E-state index contributed by atoms with van der Waals surface area (Å²) in [5.74, 6) is 0.493. The van der Waals surface area contributed by atoms with Gasteiger partial charge in [0.05, 0.1) is 18.2 Å². The highest BCUT2D eigenvalue weighted by atomic mass is 16.2. The number of likely N-dealkylation sites (N-methyl/N-ethyl adjacent to an activating group) is 1. The first-order valence-electron chi connectivity index (χ1n) is 6.57. The van der Waals surface area contributed by atoms with Gasteiger partial charge in [0, 0.05) is 12.2 Å². The Bertz CT molecular complexity index is 463. The van der Waals surface area contributed by atoms with Crippen molar-refractivity contribution in [1.29, 1.82) is 5.26 Å². The van der Waals surface area contributed by atoms with Crippen molar-refractivity contribution in [1.82, 2.24) is 4.90 Å². The molecular weight excluding hydrogens is 238 g/mol. The highest BCUT2D eigenvalue weighted by Crippen LogP contribution is 2.09. The average molecular weight is 259 g/mol. The van der Waals surface area contributed by atoms with E-state index < -0.39 is 0 Å². The molecule has 0 radical (unpaired) electrons. The van der Waals surface area contributed by atoms with E-state index in [9.17, 15) is 4.79 Å². The van der Waals surface area contributed by atoms with Crippen molar-refractivity contribution < 1.29 is 4.79 Å². The van der Waals surface area contributed by atoms with Gasteiger partial charge in [-0.3, -0.25) is 9.69 Å². The van der Waals surface area contributed by atoms with E-state index in [1.165, 1.54) is 0 Å². The monoisotopic (exact) mass is 259 g/mol. The number of nitrogens with one attached hydrogen (secondary N) is 1. The molecule has 0 fully saturated rings. The normalized spacial score (nSPS) is 10.5. The molecule has 0 aromatic heterocycles. The third-order valence-electron chi connectivity index (χ3n) is 2.71. The van der Waals surface area contributed by atoms with Gasteiger partial charge in [0.15, 0.2) is 0 Å². The minimum atomic E-state index is -0.0439. The maximum absolute atomic E-state index is 11.9. The Hall–Kier alpha value is -1.86. The molecule has 1 amide bonds. The smallest absolute Gasteiger partial charge is 0.238 e. The molecule has 1 aromatic rings. The van der Waals surface area contributed by atoms with Gasteiger partial charge in [0.25, 0.3) is 0 Å². The summed E-state index contributed by atoms with van der Waals surface area (Å²) in [5, 5.41) is 11.6. The van der Waals surface area contributed by atoms with E-state index in [1.807, 2.05) is 6.92 Å². The second-order valence-electron chi connectivity index (χ2n) is 4.96. The number of benzene rings is 1. The van der Waals surface area contributed by atoms with E-state index in [4.69, 9.17) is 5.26 Å². The van der Waals surface area contributed by atoms with E-state index in [1.54, 1.807) is 24.3 Å². The van der Waals surface area contributed by atoms with Gasteiger partial charge in [-0.05, 0) is 30.7 Å². The molecule has 0 bridgehead atoms. The minimum Gasteiger partial charge on any atom is -0.325 e. The number of carbonyl (C=O) groups excluding carboxylic acids is 1. The first-order chi connectivity index (χ1) is 9.05. The van der Waals surface area contributed by atoms with Crippen LogP contribution in [0.15, 0.2) is 24.3 Å². The number of carbonyl (C=O) groups is 1. The fourth-order valence-corrected chi connectivity index (χ4v) is 1.89. The van der Waals surface area contributed by atoms with Crippen molar-refractivity contribution in [3.63, 3.8) is 0 Å². The standard InChI is InChI=1S/C15H21N3O/c1-4-18(10-12(2)3)11-15(19)17-14-7-5-6-13(8-14)9-16/h5-8,12H,4,10-11H2,1-3H3,(H,17,19). The lowest BCUT2D eigenvalue weighted by Gasteiger charge is -2.21. The van der Waals surface area contributed by atoms with Gasteiger partial charge in [-0.2, -0.15) is 5.26 Å². The van der Waals surface area contributed by atoms with Gasteiger partial charge in [0.1, 0.15) is 0 Å². The van der Waals surface area contributed by atoms with E-state index >= 15 is 0 Å². The lowest BCUT2D eigenvalue weighted by Crippen LogP contribution is -2.35. The summed E-state index contributed by atoms with van der Waals surface area (Å²) < 4.78 is 0. The molecule has 4 heteroatoms. The van der Waals surface area contributed by atoms with Gasteiger partial charge < -0.3 is 5.32 Å². The second kappa shape index (κ2) is 7.55. The molecule has 0 spiro atoms. The summed E-state index contributed by atoms with van der Waals surface area (Å²) in [7, 11) is 0. The summed E-state index contributed by atoms with van der Waals surface area (Å²) in [6.07, 6.45) is 0. The molecule has 0 heterocycles. The zero-order valence-electron chi connectivity index (χ0n) is 11.8. The van der Waals surface area contributed by atoms with Crippen molar-refractivity contribution in [3.8, 4) is 6.07 Å². The Morgan fingerprint density at radius 2 is 2.21 bits per heavy atom. The van der Waals surface area contributed by atoms with Crippen LogP contribution in [0.2, 0.25) is 0 Å². The van der Waals surface area contributed by atoms with Gasteiger partial charge in [-0.15, -0.1) is 0 Å². The lowest BCUT2D eigenvalue weighted by atomic mass is 10.2. The van der Waals surface area contributed by atoms with Crippen LogP contribution in [0, 0.1) is 17.2 Å². The Labute approximate surface area is 115 Å². The van der Waals surface area contributed by atoms with Crippen molar-refractivity contribution in [2.45, 2.75) is 20.8 Å².